The fourth-order valence-corrected chi connectivity index (χ4v) is 3.00. The number of nitrogens with two attached hydrogens (primary N) is 1. The van der Waals surface area contributed by atoms with Crippen LogP contribution in [0.4, 0.5) is 0 Å². The fraction of sp³-hybridized carbons (Fsp3) is 0.571. The Morgan fingerprint density at radius 1 is 1.24 bits per heavy atom. The number of hydrogen-bond acceptors (Lipinski definition) is 3. The van der Waals surface area contributed by atoms with E-state index < -0.39 is 0 Å². The summed E-state index contributed by atoms with van der Waals surface area (Å²) in [4.78, 5) is 1.30. The van der Waals surface area contributed by atoms with Crippen LogP contribution in [0, 0.1) is 20.8 Å². The third-order valence-corrected chi connectivity index (χ3v) is 4.42. The van der Waals surface area contributed by atoms with Crippen LogP contribution < -0.4 is 10.5 Å². The summed E-state index contributed by atoms with van der Waals surface area (Å²) in [6.45, 7) is 11.4. The lowest BCUT2D eigenvalue weighted by Gasteiger charge is -2.24. The number of aryl methyl sites for hydroxylation is 1. The molecule has 1 aromatic carbocycles. The van der Waals surface area contributed by atoms with Crippen LogP contribution in [0.15, 0.2) is 11.0 Å². The number of thioether (sulfide) groups is 1. The fourth-order valence-electron chi connectivity index (χ4n) is 1.78. The van der Waals surface area contributed by atoms with E-state index in [0.29, 0.717) is 6.54 Å². The maximum atomic E-state index is 5.79. The van der Waals surface area contributed by atoms with Crippen LogP contribution in [-0.2, 0) is 0 Å². The molecule has 0 saturated heterocycles. The van der Waals surface area contributed by atoms with Gasteiger partial charge in [-0.1, -0.05) is 0 Å². The molecule has 0 aliphatic rings. The summed E-state index contributed by atoms with van der Waals surface area (Å²) in [6.07, 6.45) is 0. The van der Waals surface area contributed by atoms with E-state index in [-0.39, 0.29) is 4.75 Å². The molecule has 2 N–H and O–H groups in total. The van der Waals surface area contributed by atoms with Crippen LogP contribution in [0.25, 0.3) is 0 Å². The minimum Gasteiger partial charge on any atom is -0.496 e. The predicted molar refractivity (Wildman–Crippen MR) is 76.2 cm³/mol. The Kier molecular flexibility index (Phi) is 4.50. The maximum absolute atomic E-state index is 5.79. The van der Waals surface area contributed by atoms with Gasteiger partial charge in [0.1, 0.15) is 5.75 Å². The van der Waals surface area contributed by atoms with E-state index >= 15 is 0 Å². The van der Waals surface area contributed by atoms with Gasteiger partial charge in [-0.15, -0.1) is 11.8 Å². The van der Waals surface area contributed by atoms with Gasteiger partial charge in [-0.3, -0.25) is 0 Å². The lowest BCUT2D eigenvalue weighted by molar-refractivity contribution is 0.407. The van der Waals surface area contributed by atoms with E-state index in [2.05, 4.69) is 40.7 Å². The van der Waals surface area contributed by atoms with Crippen molar-refractivity contribution in [1.29, 1.82) is 0 Å². The summed E-state index contributed by atoms with van der Waals surface area (Å²) in [5, 5.41) is 0. The zero-order valence-corrected chi connectivity index (χ0v) is 12.5. The molecule has 0 amide bonds. The molecule has 3 heteroatoms. The van der Waals surface area contributed by atoms with Gasteiger partial charge in [-0.05, 0) is 57.4 Å². The highest BCUT2D eigenvalue weighted by atomic mass is 32.2. The Morgan fingerprint density at radius 3 is 2.29 bits per heavy atom. The molecule has 17 heavy (non-hydrogen) atoms. The standard InChI is InChI=1S/C14H23NOS/c1-9-7-12(17-14(4,5)8-15)10(2)11(3)13(9)16-6/h7H,8,15H2,1-6H3. The van der Waals surface area contributed by atoms with E-state index in [1.54, 1.807) is 7.11 Å². The van der Waals surface area contributed by atoms with Crippen molar-refractivity contribution in [1.82, 2.24) is 0 Å². The summed E-state index contributed by atoms with van der Waals surface area (Å²) in [7, 11) is 1.73. The molecule has 0 fully saturated rings. The largest absolute Gasteiger partial charge is 0.496 e. The number of benzene rings is 1. The quantitative estimate of drug-likeness (QED) is 0.835. The minimum atomic E-state index is 0.0677. The molecule has 0 spiro atoms. The lowest BCUT2D eigenvalue weighted by atomic mass is 10.1. The summed E-state index contributed by atoms with van der Waals surface area (Å²) < 4.78 is 5.50. The minimum absolute atomic E-state index is 0.0677. The first-order valence-electron chi connectivity index (χ1n) is 5.86. The first kappa shape index (κ1) is 14.4. The zero-order valence-electron chi connectivity index (χ0n) is 11.7. The molecular weight excluding hydrogens is 230 g/mol. The molecule has 96 valence electrons. The van der Waals surface area contributed by atoms with Crippen LogP contribution in [0.5, 0.6) is 5.75 Å². The van der Waals surface area contributed by atoms with Crippen LogP contribution in [0.1, 0.15) is 30.5 Å². The van der Waals surface area contributed by atoms with Crippen LogP contribution in [0.3, 0.4) is 0 Å². The molecule has 1 rings (SSSR count). The van der Waals surface area contributed by atoms with Crippen molar-refractivity contribution in [2.45, 2.75) is 44.3 Å². The monoisotopic (exact) mass is 253 g/mol. The molecule has 2 nitrogen and oxygen atoms in total. The number of ether oxygens (including phenoxy) is 1. The Labute approximate surface area is 109 Å². The van der Waals surface area contributed by atoms with E-state index in [9.17, 15) is 0 Å². The molecule has 0 heterocycles. The van der Waals surface area contributed by atoms with Gasteiger partial charge < -0.3 is 10.5 Å². The van der Waals surface area contributed by atoms with Crippen molar-refractivity contribution in [3.63, 3.8) is 0 Å². The summed E-state index contributed by atoms with van der Waals surface area (Å²) >= 11 is 1.84. The number of rotatable bonds is 4. The summed E-state index contributed by atoms with van der Waals surface area (Å²) in [5.74, 6) is 0.998. The topological polar surface area (TPSA) is 35.2 Å². The SMILES string of the molecule is COc1c(C)cc(SC(C)(C)CN)c(C)c1C. The Morgan fingerprint density at radius 2 is 1.82 bits per heavy atom. The Balaban J connectivity index is 3.19. The normalized spacial score (nSPS) is 11.7. The van der Waals surface area contributed by atoms with Gasteiger partial charge in [0.25, 0.3) is 0 Å². The van der Waals surface area contributed by atoms with Crippen molar-refractivity contribution < 1.29 is 4.74 Å². The van der Waals surface area contributed by atoms with Crippen LogP contribution in [0.2, 0.25) is 0 Å². The molecular formula is C14H23NOS. The highest BCUT2D eigenvalue weighted by Gasteiger charge is 2.20. The second kappa shape index (κ2) is 5.32. The molecule has 0 atom stereocenters. The van der Waals surface area contributed by atoms with Crippen LogP contribution >= 0.6 is 11.8 Å². The summed E-state index contributed by atoms with van der Waals surface area (Å²) in [5.41, 5.74) is 9.49. The van der Waals surface area contributed by atoms with E-state index in [0.717, 1.165) is 5.75 Å². The van der Waals surface area contributed by atoms with Gasteiger partial charge in [0.05, 0.1) is 7.11 Å². The molecule has 0 aliphatic carbocycles. The van der Waals surface area contributed by atoms with Crippen molar-refractivity contribution in [2.75, 3.05) is 13.7 Å². The molecule has 0 saturated carbocycles. The van der Waals surface area contributed by atoms with Crippen LogP contribution in [-0.4, -0.2) is 18.4 Å². The molecule has 0 radical (unpaired) electrons. The molecule has 0 aliphatic heterocycles. The molecule has 0 aromatic heterocycles. The van der Waals surface area contributed by atoms with Crippen molar-refractivity contribution in [2.24, 2.45) is 5.73 Å². The molecule has 1 aromatic rings. The van der Waals surface area contributed by atoms with E-state index in [1.807, 2.05) is 11.8 Å². The third-order valence-electron chi connectivity index (χ3n) is 3.06. The van der Waals surface area contributed by atoms with E-state index in [1.165, 1.54) is 21.6 Å². The van der Waals surface area contributed by atoms with Gasteiger partial charge in [-0.2, -0.15) is 0 Å². The number of methoxy groups -OCH3 is 1. The second-order valence-electron chi connectivity index (χ2n) is 5.04. The van der Waals surface area contributed by atoms with Gasteiger partial charge in [0.2, 0.25) is 0 Å². The van der Waals surface area contributed by atoms with E-state index in [4.69, 9.17) is 10.5 Å². The predicted octanol–water partition coefficient (Wildman–Crippen LogP) is 3.45. The van der Waals surface area contributed by atoms with Gasteiger partial charge in [0.15, 0.2) is 0 Å². The third kappa shape index (κ3) is 3.17. The maximum Gasteiger partial charge on any atom is 0.125 e. The lowest BCUT2D eigenvalue weighted by Crippen LogP contribution is -2.26. The highest BCUT2D eigenvalue weighted by Crippen LogP contribution is 2.38. The smallest absolute Gasteiger partial charge is 0.125 e. The first-order chi connectivity index (χ1) is 7.82. The average molecular weight is 253 g/mol. The molecule has 0 bridgehead atoms. The Bertz CT molecular complexity index is 413. The van der Waals surface area contributed by atoms with Gasteiger partial charge >= 0.3 is 0 Å². The zero-order chi connectivity index (χ0) is 13.2. The summed E-state index contributed by atoms with van der Waals surface area (Å²) in [6, 6.07) is 2.20. The first-order valence-corrected chi connectivity index (χ1v) is 6.68. The van der Waals surface area contributed by atoms with Gasteiger partial charge in [0, 0.05) is 16.2 Å². The second-order valence-corrected chi connectivity index (χ2v) is 6.79. The molecule has 0 unspecified atom stereocenters. The van der Waals surface area contributed by atoms with Crippen molar-refractivity contribution in [3.05, 3.63) is 22.8 Å². The number of hydrogen-bond donors (Lipinski definition) is 1. The van der Waals surface area contributed by atoms with Gasteiger partial charge in [-0.25, -0.2) is 0 Å². The Hall–Kier alpha value is -0.670. The highest BCUT2D eigenvalue weighted by molar-refractivity contribution is 8.00. The van der Waals surface area contributed by atoms with Crippen molar-refractivity contribution in [3.8, 4) is 5.75 Å². The average Bonchev–Trinajstić information content (AvgIpc) is 2.26. The van der Waals surface area contributed by atoms with Crippen molar-refractivity contribution >= 4 is 11.8 Å².